The van der Waals surface area contributed by atoms with Gasteiger partial charge in [-0.1, -0.05) is 28.4 Å². The van der Waals surface area contributed by atoms with Gasteiger partial charge in [0.1, 0.15) is 0 Å². The van der Waals surface area contributed by atoms with Gasteiger partial charge in [0.15, 0.2) is 7.05 Å². The molecule has 0 aliphatic heterocycles. The molecule has 0 aliphatic rings. The van der Waals surface area contributed by atoms with Crippen LogP contribution < -0.4 is 15.6 Å². The Balaban J connectivity index is 1.96. The van der Waals surface area contributed by atoms with E-state index in [1.54, 1.807) is 31.3 Å². The van der Waals surface area contributed by atoms with Gasteiger partial charge in [-0.2, -0.15) is 0 Å². The van der Waals surface area contributed by atoms with Crippen molar-refractivity contribution in [3.63, 3.8) is 0 Å². The van der Waals surface area contributed by atoms with Crippen molar-refractivity contribution in [1.29, 1.82) is 0 Å². The summed E-state index contributed by atoms with van der Waals surface area (Å²) >= 11 is 7.01. The Kier molecular flexibility index (Phi) is 4.28. The van der Waals surface area contributed by atoms with Gasteiger partial charge in [0.25, 0.3) is 0 Å². The molecule has 0 radical (unpaired) electrons. The lowest BCUT2D eigenvalue weighted by atomic mass is 10.3. The lowest BCUT2D eigenvalue weighted by Gasteiger charge is -2.05. The van der Waals surface area contributed by atoms with Gasteiger partial charge in [0.05, 0.1) is 16.5 Å². The van der Waals surface area contributed by atoms with Crippen molar-refractivity contribution in [2.45, 2.75) is 5.03 Å². The molecular formula is C11H11ClN3O3S+. The second-order valence-corrected chi connectivity index (χ2v) is 5.03. The molecule has 0 bridgehead atoms. The fourth-order valence-corrected chi connectivity index (χ4v) is 2.28. The lowest BCUT2D eigenvalue weighted by Crippen LogP contribution is -2.34. The number of aromatic nitrogens is 2. The van der Waals surface area contributed by atoms with Gasteiger partial charge < -0.3 is 5.32 Å². The van der Waals surface area contributed by atoms with Crippen molar-refractivity contribution in [2.75, 3.05) is 11.1 Å². The average Bonchev–Trinajstić information content (AvgIpc) is 2.70. The molecule has 19 heavy (non-hydrogen) atoms. The van der Waals surface area contributed by atoms with Crippen molar-refractivity contribution in [2.24, 2.45) is 7.05 Å². The minimum absolute atomic E-state index is 0.0850. The van der Waals surface area contributed by atoms with Crippen LogP contribution in [0.4, 0.5) is 5.69 Å². The highest BCUT2D eigenvalue weighted by Gasteiger charge is 2.19. The molecule has 2 rings (SSSR count). The summed E-state index contributed by atoms with van der Waals surface area (Å²) in [5.74, 6) is -0.166. The standard InChI is InChI=1S/C11H10ClN3O3S/c1-15-10(11(17)18-14-15)19-6-9(16)13-8-5-3-2-4-7(8)12/h2-5H,6H2,1H3,(H-,13,14,16,17)/p+1. The van der Waals surface area contributed by atoms with Gasteiger partial charge in [-0.25, -0.2) is 4.79 Å². The molecule has 1 heterocycles. The van der Waals surface area contributed by atoms with Crippen LogP contribution >= 0.6 is 23.4 Å². The SMILES string of the molecule is C[n+]1[nH]oc(=O)c1SCC(=O)Nc1ccccc1Cl. The summed E-state index contributed by atoms with van der Waals surface area (Å²) < 4.78 is 5.99. The first-order valence-corrected chi connectivity index (χ1v) is 6.69. The zero-order valence-electron chi connectivity index (χ0n) is 9.97. The van der Waals surface area contributed by atoms with Crippen LogP contribution in [0.25, 0.3) is 0 Å². The molecule has 0 fully saturated rings. The first-order chi connectivity index (χ1) is 9.08. The van der Waals surface area contributed by atoms with Crippen LogP contribution in [-0.4, -0.2) is 16.9 Å². The van der Waals surface area contributed by atoms with E-state index in [1.165, 1.54) is 4.68 Å². The number of thioether (sulfide) groups is 1. The Hall–Kier alpha value is -1.73. The Morgan fingerprint density at radius 1 is 1.53 bits per heavy atom. The minimum Gasteiger partial charge on any atom is -0.324 e. The molecule has 6 nitrogen and oxygen atoms in total. The number of carbonyl (C=O) groups is 1. The van der Waals surface area contributed by atoms with Gasteiger partial charge in [-0.15, -0.1) is 0 Å². The number of hydrogen-bond donors (Lipinski definition) is 2. The fourth-order valence-electron chi connectivity index (χ4n) is 1.37. The molecule has 0 atom stereocenters. The van der Waals surface area contributed by atoms with Crippen molar-refractivity contribution in [1.82, 2.24) is 5.27 Å². The topological polar surface area (TPSA) is 79.0 Å². The van der Waals surface area contributed by atoms with Crippen LogP contribution in [0.15, 0.2) is 38.6 Å². The molecule has 0 saturated heterocycles. The predicted octanol–water partition coefficient (Wildman–Crippen LogP) is 1.18. The molecule has 1 amide bonds. The maximum Gasteiger partial charge on any atom is 0.441 e. The second kappa shape index (κ2) is 5.94. The Bertz CT molecular complexity index is 653. The van der Waals surface area contributed by atoms with E-state index >= 15 is 0 Å². The first-order valence-electron chi connectivity index (χ1n) is 5.32. The summed E-state index contributed by atoms with van der Waals surface area (Å²) in [6.45, 7) is 0. The van der Waals surface area contributed by atoms with Gasteiger partial charge >= 0.3 is 10.7 Å². The van der Waals surface area contributed by atoms with E-state index in [0.717, 1.165) is 11.8 Å². The summed E-state index contributed by atoms with van der Waals surface area (Å²) in [5, 5.41) is 5.84. The highest BCUT2D eigenvalue weighted by Crippen LogP contribution is 2.20. The number of nitrogens with zero attached hydrogens (tertiary/aromatic N) is 1. The van der Waals surface area contributed by atoms with E-state index in [0.29, 0.717) is 15.7 Å². The molecule has 0 aliphatic carbocycles. The van der Waals surface area contributed by atoms with Gasteiger partial charge in [-0.05, 0) is 29.2 Å². The number of rotatable bonds is 4. The fraction of sp³-hybridized carbons (Fsp3) is 0.182. The zero-order valence-corrected chi connectivity index (χ0v) is 11.5. The third kappa shape index (κ3) is 3.39. The number of aromatic amines is 1. The highest BCUT2D eigenvalue weighted by molar-refractivity contribution is 7.99. The normalized spacial score (nSPS) is 10.4. The summed E-state index contributed by atoms with van der Waals surface area (Å²) in [6.07, 6.45) is 0. The molecule has 2 aromatic rings. The maximum absolute atomic E-state index is 11.7. The summed E-state index contributed by atoms with van der Waals surface area (Å²) in [4.78, 5) is 23.0. The van der Waals surface area contributed by atoms with Crippen LogP contribution in [0.3, 0.4) is 0 Å². The minimum atomic E-state index is -0.502. The van der Waals surface area contributed by atoms with Crippen molar-refractivity contribution in [3.05, 3.63) is 39.7 Å². The number of amides is 1. The van der Waals surface area contributed by atoms with Crippen molar-refractivity contribution >= 4 is 35.0 Å². The van der Waals surface area contributed by atoms with Gasteiger partial charge in [-0.3, -0.25) is 9.32 Å². The molecule has 0 saturated carbocycles. The summed E-state index contributed by atoms with van der Waals surface area (Å²) in [7, 11) is 1.62. The van der Waals surface area contributed by atoms with E-state index in [9.17, 15) is 9.59 Å². The number of benzene rings is 1. The number of para-hydroxylation sites is 1. The van der Waals surface area contributed by atoms with Crippen LogP contribution in [-0.2, 0) is 11.8 Å². The Morgan fingerprint density at radius 2 is 2.26 bits per heavy atom. The zero-order chi connectivity index (χ0) is 13.8. The molecule has 100 valence electrons. The maximum atomic E-state index is 11.7. The third-order valence-electron chi connectivity index (χ3n) is 2.24. The van der Waals surface area contributed by atoms with E-state index in [4.69, 9.17) is 11.6 Å². The van der Waals surface area contributed by atoms with E-state index in [2.05, 4.69) is 15.1 Å². The number of aryl methyl sites for hydroxylation is 1. The number of hydrogen-bond acceptors (Lipinski definition) is 4. The summed E-state index contributed by atoms with van der Waals surface area (Å²) in [6, 6.07) is 6.94. The van der Waals surface area contributed by atoms with Crippen LogP contribution in [0.2, 0.25) is 5.02 Å². The quantitative estimate of drug-likeness (QED) is 0.656. The number of nitrogens with one attached hydrogen (secondary N) is 2. The molecular weight excluding hydrogens is 290 g/mol. The second-order valence-electron chi connectivity index (χ2n) is 3.66. The van der Waals surface area contributed by atoms with Crippen LogP contribution in [0.5, 0.6) is 0 Å². The highest BCUT2D eigenvalue weighted by atomic mass is 35.5. The molecule has 8 heteroatoms. The van der Waals surface area contributed by atoms with Crippen LogP contribution in [0, 0.1) is 0 Å². The smallest absolute Gasteiger partial charge is 0.324 e. The lowest BCUT2D eigenvalue weighted by molar-refractivity contribution is -0.772. The number of anilines is 1. The van der Waals surface area contributed by atoms with Gasteiger partial charge in [0, 0.05) is 0 Å². The Morgan fingerprint density at radius 3 is 2.89 bits per heavy atom. The van der Waals surface area contributed by atoms with Crippen LogP contribution in [0.1, 0.15) is 0 Å². The molecule has 1 aromatic carbocycles. The first kappa shape index (κ1) is 13.7. The van der Waals surface area contributed by atoms with Gasteiger partial charge in [0.2, 0.25) is 5.91 Å². The van der Waals surface area contributed by atoms with Crippen molar-refractivity contribution in [3.8, 4) is 0 Å². The summed E-state index contributed by atoms with van der Waals surface area (Å²) in [5.41, 5.74) is 0.0401. The molecule has 2 N–H and O–H groups in total. The number of carbonyl (C=O) groups excluding carboxylic acids is 1. The molecule has 1 aromatic heterocycles. The molecule has 0 unspecified atom stereocenters. The van der Waals surface area contributed by atoms with E-state index in [-0.39, 0.29) is 11.7 Å². The largest absolute Gasteiger partial charge is 0.441 e. The Labute approximate surface area is 117 Å². The number of H-pyrrole nitrogens is 1. The number of halogens is 1. The van der Waals surface area contributed by atoms with Crippen molar-refractivity contribution < 1.29 is 14.0 Å². The third-order valence-corrected chi connectivity index (χ3v) is 3.69. The predicted molar refractivity (Wildman–Crippen MR) is 71.3 cm³/mol. The van der Waals surface area contributed by atoms with E-state index in [1.807, 2.05) is 0 Å². The van der Waals surface area contributed by atoms with E-state index < -0.39 is 5.63 Å². The monoisotopic (exact) mass is 300 g/mol. The molecule has 0 spiro atoms. The average molecular weight is 301 g/mol.